The molecule has 0 bridgehead atoms. The molecular formula is C17H21NO4. The normalized spacial score (nSPS) is 10.1. The number of hydrogen-bond donors (Lipinski definition) is 1. The molecule has 0 heterocycles. The minimum absolute atomic E-state index is 0.421. The summed E-state index contributed by atoms with van der Waals surface area (Å²) in [5.41, 5.74) is 6.60. The lowest BCUT2D eigenvalue weighted by Crippen LogP contribution is -2.09. The van der Waals surface area contributed by atoms with Crippen LogP contribution in [0, 0.1) is 0 Å². The van der Waals surface area contributed by atoms with E-state index in [9.17, 15) is 0 Å². The molecule has 0 aliphatic rings. The molecule has 0 spiro atoms. The van der Waals surface area contributed by atoms with Crippen LogP contribution < -0.4 is 24.7 Å². The lowest BCUT2D eigenvalue weighted by molar-refractivity contribution is 0.211. The average molecular weight is 303 g/mol. The lowest BCUT2D eigenvalue weighted by Gasteiger charge is -2.12. The second-order valence-corrected chi connectivity index (χ2v) is 4.56. The van der Waals surface area contributed by atoms with Crippen molar-refractivity contribution >= 4 is 0 Å². The van der Waals surface area contributed by atoms with Crippen LogP contribution in [0.25, 0.3) is 0 Å². The molecule has 0 saturated carbocycles. The first-order valence-corrected chi connectivity index (χ1v) is 7.03. The van der Waals surface area contributed by atoms with Gasteiger partial charge in [0.25, 0.3) is 0 Å². The Labute approximate surface area is 130 Å². The molecule has 118 valence electrons. The largest absolute Gasteiger partial charge is 0.497 e. The van der Waals surface area contributed by atoms with Gasteiger partial charge in [-0.05, 0) is 42.0 Å². The van der Waals surface area contributed by atoms with Crippen molar-refractivity contribution in [2.24, 2.45) is 5.73 Å². The zero-order valence-electron chi connectivity index (χ0n) is 12.9. The fraction of sp³-hybridized carbons (Fsp3) is 0.294. The summed E-state index contributed by atoms with van der Waals surface area (Å²) in [7, 11) is 3.24. The van der Waals surface area contributed by atoms with Crippen LogP contribution in [0.5, 0.6) is 23.0 Å². The second kappa shape index (κ2) is 8.14. The molecule has 0 fully saturated rings. The summed E-state index contributed by atoms with van der Waals surface area (Å²) >= 11 is 0. The van der Waals surface area contributed by atoms with Gasteiger partial charge in [0.05, 0.1) is 14.2 Å². The van der Waals surface area contributed by atoms with Gasteiger partial charge in [-0.1, -0.05) is 6.07 Å². The molecule has 22 heavy (non-hydrogen) atoms. The smallest absolute Gasteiger partial charge is 0.161 e. The van der Waals surface area contributed by atoms with E-state index in [0.717, 1.165) is 17.1 Å². The van der Waals surface area contributed by atoms with Crippen molar-refractivity contribution in [1.29, 1.82) is 0 Å². The Morgan fingerprint density at radius 1 is 0.773 bits per heavy atom. The van der Waals surface area contributed by atoms with Crippen molar-refractivity contribution in [2.75, 3.05) is 27.4 Å². The van der Waals surface area contributed by atoms with E-state index in [1.54, 1.807) is 14.2 Å². The maximum atomic E-state index is 5.68. The molecule has 0 radical (unpaired) electrons. The van der Waals surface area contributed by atoms with E-state index in [1.165, 1.54) is 0 Å². The highest BCUT2D eigenvalue weighted by Crippen LogP contribution is 2.27. The molecule has 0 saturated heterocycles. The molecular weight excluding hydrogens is 282 g/mol. The molecule has 5 heteroatoms. The summed E-state index contributed by atoms with van der Waals surface area (Å²) < 4.78 is 21.7. The fourth-order valence-electron chi connectivity index (χ4n) is 1.94. The van der Waals surface area contributed by atoms with Crippen LogP contribution in [0.3, 0.4) is 0 Å². The summed E-state index contributed by atoms with van der Waals surface area (Å²) in [4.78, 5) is 0. The highest BCUT2D eigenvalue weighted by molar-refractivity contribution is 5.42. The van der Waals surface area contributed by atoms with Gasteiger partial charge in [-0.2, -0.15) is 0 Å². The van der Waals surface area contributed by atoms with Crippen molar-refractivity contribution in [3.8, 4) is 23.0 Å². The molecule has 0 aliphatic heterocycles. The number of hydrogen-bond acceptors (Lipinski definition) is 5. The van der Waals surface area contributed by atoms with Crippen molar-refractivity contribution in [1.82, 2.24) is 0 Å². The Kier molecular flexibility index (Phi) is 5.91. The molecule has 2 N–H and O–H groups in total. The van der Waals surface area contributed by atoms with E-state index in [4.69, 9.17) is 24.7 Å². The predicted molar refractivity (Wildman–Crippen MR) is 84.9 cm³/mol. The van der Waals surface area contributed by atoms with Crippen LogP contribution in [-0.2, 0) is 6.54 Å². The minimum Gasteiger partial charge on any atom is -0.497 e. The van der Waals surface area contributed by atoms with Crippen molar-refractivity contribution in [3.05, 3.63) is 48.0 Å². The first-order chi connectivity index (χ1) is 10.8. The number of ether oxygens (including phenoxy) is 4. The Hall–Kier alpha value is -2.40. The topological polar surface area (TPSA) is 62.9 Å². The summed E-state index contributed by atoms with van der Waals surface area (Å²) in [6.07, 6.45) is 0. The minimum atomic E-state index is 0.421. The fourth-order valence-corrected chi connectivity index (χ4v) is 1.94. The molecule has 0 unspecified atom stereocenters. The van der Waals surface area contributed by atoms with Gasteiger partial charge in [0.15, 0.2) is 11.5 Å². The van der Waals surface area contributed by atoms with Gasteiger partial charge in [0.1, 0.15) is 24.7 Å². The SMILES string of the molecule is COc1ccc(OCCOc2ccc(CN)cc2OC)cc1. The van der Waals surface area contributed by atoms with Crippen molar-refractivity contribution < 1.29 is 18.9 Å². The maximum absolute atomic E-state index is 5.68. The average Bonchev–Trinajstić information content (AvgIpc) is 2.59. The molecule has 0 amide bonds. The third kappa shape index (κ3) is 4.30. The van der Waals surface area contributed by atoms with Gasteiger partial charge < -0.3 is 24.7 Å². The maximum Gasteiger partial charge on any atom is 0.161 e. The second-order valence-electron chi connectivity index (χ2n) is 4.56. The first-order valence-electron chi connectivity index (χ1n) is 7.03. The van der Waals surface area contributed by atoms with Gasteiger partial charge in [-0.25, -0.2) is 0 Å². The Bertz CT molecular complexity index is 584. The van der Waals surface area contributed by atoms with E-state index < -0.39 is 0 Å². The highest BCUT2D eigenvalue weighted by Gasteiger charge is 2.05. The highest BCUT2D eigenvalue weighted by atomic mass is 16.5. The number of benzene rings is 2. The first kappa shape index (κ1) is 16.0. The van der Waals surface area contributed by atoms with Crippen molar-refractivity contribution in [3.63, 3.8) is 0 Å². The molecule has 2 aromatic rings. The number of nitrogens with two attached hydrogens (primary N) is 1. The van der Waals surface area contributed by atoms with Gasteiger partial charge in [-0.3, -0.25) is 0 Å². The quantitative estimate of drug-likeness (QED) is 0.760. The van der Waals surface area contributed by atoms with Crippen LogP contribution in [0.4, 0.5) is 0 Å². The number of rotatable bonds is 8. The zero-order chi connectivity index (χ0) is 15.8. The van der Waals surface area contributed by atoms with Crippen LogP contribution >= 0.6 is 0 Å². The van der Waals surface area contributed by atoms with Crippen LogP contribution in [0.1, 0.15) is 5.56 Å². The molecule has 2 aromatic carbocycles. The van der Waals surface area contributed by atoms with Gasteiger partial charge >= 0.3 is 0 Å². The van der Waals surface area contributed by atoms with Crippen LogP contribution in [0.2, 0.25) is 0 Å². The van der Waals surface area contributed by atoms with Crippen molar-refractivity contribution in [2.45, 2.75) is 6.54 Å². The Morgan fingerprint density at radius 3 is 2.09 bits per heavy atom. The zero-order valence-corrected chi connectivity index (χ0v) is 12.9. The number of methoxy groups -OCH3 is 2. The van der Waals surface area contributed by atoms with E-state index in [1.807, 2.05) is 42.5 Å². The van der Waals surface area contributed by atoms with Gasteiger partial charge in [-0.15, -0.1) is 0 Å². The lowest BCUT2D eigenvalue weighted by atomic mass is 10.2. The summed E-state index contributed by atoms with van der Waals surface area (Å²) in [5.74, 6) is 2.92. The van der Waals surface area contributed by atoms with Crippen LogP contribution in [-0.4, -0.2) is 27.4 Å². The van der Waals surface area contributed by atoms with E-state index in [2.05, 4.69) is 0 Å². The van der Waals surface area contributed by atoms with Gasteiger partial charge in [0, 0.05) is 6.54 Å². The third-order valence-electron chi connectivity index (χ3n) is 3.13. The Morgan fingerprint density at radius 2 is 1.45 bits per heavy atom. The predicted octanol–water partition coefficient (Wildman–Crippen LogP) is 2.62. The van der Waals surface area contributed by atoms with Gasteiger partial charge in [0.2, 0.25) is 0 Å². The van der Waals surface area contributed by atoms with E-state index in [-0.39, 0.29) is 0 Å². The molecule has 2 rings (SSSR count). The summed E-state index contributed by atoms with van der Waals surface area (Å²) in [5, 5.41) is 0. The van der Waals surface area contributed by atoms with E-state index in [0.29, 0.717) is 31.3 Å². The molecule has 0 atom stereocenters. The van der Waals surface area contributed by atoms with Crippen LogP contribution in [0.15, 0.2) is 42.5 Å². The standard InChI is InChI=1S/C17H21NO4/c1-19-14-4-6-15(7-5-14)21-9-10-22-16-8-3-13(12-18)11-17(16)20-2/h3-8,11H,9-10,12,18H2,1-2H3. The molecule has 0 aliphatic carbocycles. The monoisotopic (exact) mass is 303 g/mol. The Balaban J connectivity index is 1.83. The molecule has 0 aromatic heterocycles. The molecule has 5 nitrogen and oxygen atoms in total. The summed E-state index contributed by atoms with van der Waals surface area (Å²) in [6, 6.07) is 13.1. The van der Waals surface area contributed by atoms with E-state index >= 15 is 0 Å². The third-order valence-corrected chi connectivity index (χ3v) is 3.13. The summed E-state index contributed by atoms with van der Waals surface area (Å²) in [6.45, 7) is 1.33.